The normalized spacial score (nSPS) is 11.2. The second kappa shape index (κ2) is 8.40. The summed E-state index contributed by atoms with van der Waals surface area (Å²) in [6.45, 7) is 3.93. The first-order chi connectivity index (χ1) is 14.8. The minimum Gasteiger partial charge on any atom is -0.480 e. The number of pyridine rings is 2. The van der Waals surface area contributed by atoms with Crippen LogP contribution in [0.4, 0.5) is 11.5 Å². The van der Waals surface area contributed by atoms with Gasteiger partial charge in [0.15, 0.2) is 5.82 Å². The zero-order chi connectivity index (χ0) is 22.1. The number of aryl methyl sites for hydroxylation is 4. The molecule has 4 N–H and O–H groups in total. The summed E-state index contributed by atoms with van der Waals surface area (Å²) in [4.78, 5) is 19.8. The van der Waals surface area contributed by atoms with E-state index in [1.165, 1.54) is 5.56 Å². The van der Waals surface area contributed by atoms with Gasteiger partial charge in [0, 0.05) is 16.5 Å². The highest BCUT2D eigenvalue weighted by atomic mass is 35.5. The van der Waals surface area contributed by atoms with Crippen molar-refractivity contribution in [1.82, 2.24) is 9.97 Å². The molecule has 6 nitrogen and oxygen atoms in total. The SMILES string of the molecule is Cc1ccc2c(c1)nc(N)c1nc(Cl)c(CCc3ccc(NCC(=O)O)cc3C)cc12. The van der Waals surface area contributed by atoms with Crippen LogP contribution in [0.5, 0.6) is 0 Å². The Balaban J connectivity index is 1.63. The first-order valence-corrected chi connectivity index (χ1v) is 10.4. The number of nitrogens with two attached hydrogens (primary N) is 1. The molecule has 0 saturated carbocycles. The van der Waals surface area contributed by atoms with Gasteiger partial charge in [-0.25, -0.2) is 9.97 Å². The number of rotatable bonds is 6. The van der Waals surface area contributed by atoms with E-state index in [-0.39, 0.29) is 6.54 Å². The maximum Gasteiger partial charge on any atom is 0.322 e. The van der Waals surface area contributed by atoms with Crippen LogP contribution in [-0.4, -0.2) is 27.6 Å². The number of nitrogens with zero attached hydrogens (tertiary/aromatic N) is 2. The highest BCUT2D eigenvalue weighted by molar-refractivity contribution is 6.31. The van der Waals surface area contributed by atoms with Crippen molar-refractivity contribution in [3.05, 3.63) is 69.9 Å². The van der Waals surface area contributed by atoms with Crippen molar-refractivity contribution in [3.63, 3.8) is 0 Å². The predicted octanol–water partition coefficient (Wildman–Crippen LogP) is 4.92. The molecular weight excluding hydrogens is 412 g/mol. The van der Waals surface area contributed by atoms with E-state index in [1.807, 2.05) is 44.2 Å². The van der Waals surface area contributed by atoms with Crippen molar-refractivity contribution in [2.75, 3.05) is 17.6 Å². The number of carboxylic acid groups (broad SMARTS) is 1. The lowest BCUT2D eigenvalue weighted by Crippen LogP contribution is -2.12. The largest absolute Gasteiger partial charge is 0.480 e. The van der Waals surface area contributed by atoms with E-state index in [2.05, 4.69) is 27.4 Å². The highest BCUT2D eigenvalue weighted by Gasteiger charge is 2.13. The number of aliphatic carboxylic acids is 1. The highest BCUT2D eigenvalue weighted by Crippen LogP contribution is 2.31. The molecule has 2 aromatic heterocycles. The van der Waals surface area contributed by atoms with E-state index in [0.29, 0.717) is 16.5 Å². The molecule has 0 aliphatic heterocycles. The monoisotopic (exact) mass is 434 g/mol. The van der Waals surface area contributed by atoms with Crippen LogP contribution in [0.2, 0.25) is 5.15 Å². The Bertz CT molecular complexity index is 1320. The van der Waals surface area contributed by atoms with Crippen LogP contribution >= 0.6 is 11.6 Å². The zero-order valence-corrected chi connectivity index (χ0v) is 18.1. The predicted molar refractivity (Wildman–Crippen MR) is 126 cm³/mol. The van der Waals surface area contributed by atoms with Gasteiger partial charge in [-0.05, 0) is 73.2 Å². The summed E-state index contributed by atoms with van der Waals surface area (Å²) in [5.41, 5.74) is 12.8. The second-order valence-electron chi connectivity index (χ2n) is 7.74. The Morgan fingerprint density at radius 2 is 1.81 bits per heavy atom. The molecule has 0 bridgehead atoms. The topological polar surface area (TPSA) is 101 Å². The third-order valence-corrected chi connectivity index (χ3v) is 5.75. The minimum atomic E-state index is -0.890. The molecule has 0 amide bonds. The molecule has 0 radical (unpaired) electrons. The fraction of sp³-hybridized carbons (Fsp3) is 0.208. The molecule has 4 rings (SSSR count). The fourth-order valence-corrected chi connectivity index (χ4v) is 4.02. The molecule has 2 aromatic carbocycles. The number of nitrogen functional groups attached to an aromatic ring is 1. The molecule has 0 spiro atoms. The van der Waals surface area contributed by atoms with Gasteiger partial charge in [0.25, 0.3) is 0 Å². The zero-order valence-electron chi connectivity index (χ0n) is 17.4. The quantitative estimate of drug-likeness (QED) is 0.294. The van der Waals surface area contributed by atoms with E-state index < -0.39 is 5.97 Å². The van der Waals surface area contributed by atoms with Crippen LogP contribution in [0.25, 0.3) is 21.8 Å². The van der Waals surface area contributed by atoms with Crippen LogP contribution < -0.4 is 11.1 Å². The number of carboxylic acids is 1. The minimum absolute atomic E-state index is 0.109. The standard InChI is InChI=1S/C24H23ClN4O2/c1-13-3-8-18-19-11-16(23(25)29-22(19)24(26)28-20(18)9-13)5-4-15-6-7-17(10-14(15)2)27-12-21(30)31/h3,6-11,27H,4-5,12H2,1-2H3,(H2,26,28)(H,30,31). The van der Waals surface area contributed by atoms with E-state index in [1.54, 1.807) is 0 Å². The van der Waals surface area contributed by atoms with Crippen molar-refractivity contribution in [2.45, 2.75) is 26.7 Å². The van der Waals surface area contributed by atoms with Gasteiger partial charge in [-0.3, -0.25) is 4.79 Å². The summed E-state index contributed by atoms with van der Waals surface area (Å²) < 4.78 is 0. The Labute approximate surface area is 185 Å². The molecule has 2 heterocycles. The third-order valence-electron chi connectivity index (χ3n) is 5.43. The van der Waals surface area contributed by atoms with Gasteiger partial charge in [0.1, 0.15) is 17.2 Å². The van der Waals surface area contributed by atoms with Crippen LogP contribution in [-0.2, 0) is 17.6 Å². The number of hydrogen-bond acceptors (Lipinski definition) is 5. The summed E-state index contributed by atoms with van der Waals surface area (Å²) in [6, 6.07) is 14.1. The molecule has 0 unspecified atom stereocenters. The molecule has 0 saturated heterocycles. The van der Waals surface area contributed by atoms with Gasteiger partial charge in [-0.1, -0.05) is 29.8 Å². The first kappa shape index (κ1) is 20.9. The second-order valence-corrected chi connectivity index (χ2v) is 8.10. The molecule has 31 heavy (non-hydrogen) atoms. The van der Waals surface area contributed by atoms with E-state index >= 15 is 0 Å². The third kappa shape index (κ3) is 4.39. The van der Waals surface area contributed by atoms with Crippen LogP contribution in [0, 0.1) is 13.8 Å². The van der Waals surface area contributed by atoms with Crippen molar-refractivity contribution in [2.24, 2.45) is 0 Å². The van der Waals surface area contributed by atoms with E-state index in [0.717, 1.165) is 51.5 Å². The number of carbonyl (C=O) groups is 1. The van der Waals surface area contributed by atoms with Crippen molar-refractivity contribution < 1.29 is 9.90 Å². The average Bonchev–Trinajstić information content (AvgIpc) is 2.72. The molecule has 0 atom stereocenters. The Morgan fingerprint density at radius 1 is 1.03 bits per heavy atom. The number of aromatic nitrogens is 2. The summed E-state index contributed by atoms with van der Waals surface area (Å²) in [7, 11) is 0. The number of hydrogen-bond donors (Lipinski definition) is 3. The van der Waals surface area contributed by atoms with Gasteiger partial charge >= 0.3 is 5.97 Å². The number of nitrogens with one attached hydrogen (secondary N) is 1. The van der Waals surface area contributed by atoms with Crippen LogP contribution in [0.3, 0.4) is 0 Å². The maximum atomic E-state index is 10.7. The molecular formula is C24H23ClN4O2. The fourth-order valence-electron chi connectivity index (χ4n) is 3.79. The summed E-state index contributed by atoms with van der Waals surface area (Å²) in [5.74, 6) is -0.513. The number of anilines is 2. The number of halogens is 1. The summed E-state index contributed by atoms with van der Waals surface area (Å²) in [5, 5.41) is 14.1. The van der Waals surface area contributed by atoms with Gasteiger partial charge in [-0.15, -0.1) is 0 Å². The smallest absolute Gasteiger partial charge is 0.322 e. The number of benzene rings is 2. The lowest BCUT2D eigenvalue weighted by Gasteiger charge is -2.12. The lowest BCUT2D eigenvalue weighted by atomic mass is 9.99. The summed E-state index contributed by atoms with van der Waals surface area (Å²) in [6.07, 6.45) is 1.51. The average molecular weight is 435 g/mol. The number of fused-ring (bicyclic) bond motifs is 3. The molecule has 0 aliphatic rings. The van der Waals surface area contributed by atoms with Crippen LogP contribution in [0.1, 0.15) is 22.3 Å². The van der Waals surface area contributed by atoms with Gasteiger partial charge in [0.05, 0.1) is 5.52 Å². The molecule has 7 heteroatoms. The van der Waals surface area contributed by atoms with E-state index in [9.17, 15) is 4.79 Å². The van der Waals surface area contributed by atoms with Gasteiger partial charge in [-0.2, -0.15) is 0 Å². The van der Waals surface area contributed by atoms with Crippen LogP contribution in [0.15, 0.2) is 42.5 Å². The van der Waals surface area contributed by atoms with Gasteiger partial charge < -0.3 is 16.2 Å². The molecule has 4 aromatic rings. The Hall–Kier alpha value is -3.38. The van der Waals surface area contributed by atoms with E-state index in [4.69, 9.17) is 22.4 Å². The molecule has 0 aliphatic carbocycles. The van der Waals surface area contributed by atoms with Crippen molar-refractivity contribution in [3.8, 4) is 0 Å². The van der Waals surface area contributed by atoms with Crippen molar-refractivity contribution in [1.29, 1.82) is 0 Å². The lowest BCUT2D eigenvalue weighted by molar-refractivity contribution is -0.134. The first-order valence-electron chi connectivity index (χ1n) is 10.0. The molecule has 158 valence electrons. The Kier molecular flexibility index (Phi) is 5.65. The van der Waals surface area contributed by atoms with Crippen molar-refractivity contribution >= 4 is 50.9 Å². The van der Waals surface area contributed by atoms with Gasteiger partial charge in [0.2, 0.25) is 0 Å². The maximum absolute atomic E-state index is 10.7. The Morgan fingerprint density at radius 3 is 2.55 bits per heavy atom. The molecule has 0 fully saturated rings. The summed E-state index contributed by atoms with van der Waals surface area (Å²) >= 11 is 6.49.